The van der Waals surface area contributed by atoms with E-state index in [1.165, 1.54) is 43.1 Å². The lowest BCUT2D eigenvalue weighted by atomic mass is 9.88. The van der Waals surface area contributed by atoms with Crippen LogP contribution in [-0.4, -0.2) is 256 Å². The van der Waals surface area contributed by atoms with Gasteiger partial charge in [0, 0.05) is 74.7 Å². The molecule has 3 aromatic carbocycles. The third-order valence-corrected chi connectivity index (χ3v) is 19.8. The predicted octanol–water partition coefficient (Wildman–Crippen LogP) is 7.96. The van der Waals surface area contributed by atoms with Crippen molar-refractivity contribution >= 4 is 76.6 Å². The van der Waals surface area contributed by atoms with Crippen LogP contribution in [0.1, 0.15) is 152 Å². The maximum Gasteiger partial charge on any atom is 0.416 e. The lowest BCUT2D eigenvalue weighted by Gasteiger charge is -2.31. The minimum absolute atomic E-state index is 0.0143. The first-order valence-corrected chi connectivity index (χ1v) is 39.7. The highest BCUT2D eigenvalue weighted by molar-refractivity contribution is 6.07. The van der Waals surface area contributed by atoms with Crippen molar-refractivity contribution in [2.45, 2.75) is 163 Å². The normalized spacial score (nSPS) is 17.8. The van der Waals surface area contributed by atoms with Crippen LogP contribution in [0, 0.1) is 17.8 Å². The number of unbranched alkanes of at least 4 members (excludes halogenated alkanes) is 4. The van der Waals surface area contributed by atoms with Crippen LogP contribution < -0.4 is 45.1 Å². The number of carbonyl (C=O) groups excluding carboxylic acids is 9. The predicted molar refractivity (Wildman–Crippen MR) is 421 cm³/mol. The van der Waals surface area contributed by atoms with E-state index in [1.807, 2.05) is 27.0 Å². The van der Waals surface area contributed by atoms with Crippen molar-refractivity contribution in [3.8, 4) is 23.0 Å². The van der Waals surface area contributed by atoms with E-state index < -0.39 is 54.1 Å². The number of methoxy groups -OCH3 is 2. The monoisotopic (exact) mass is 1600 g/mol. The first kappa shape index (κ1) is 90.4. The highest BCUT2D eigenvalue weighted by Crippen LogP contribution is 2.43. The lowest BCUT2D eigenvalue weighted by Crippen LogP contribution is -2.53. The van der Waals surface area contributed by atoms with Crippen LogP contribution in [-0.2, 0) is 78.0 Å². The molecule has 32 nitrogen and oxygen atoms in total. The highest BCUT2D eigenvalue weighted by Gasteiger charge is 2.46. The SMILES string of the molecule is CCCCCC(C)C1CC(=O)N(CCC(=O)NCCOCCOCCOCCOCCOCCOCCOCCOCCC(=O)N[C@H](C(=O)N[C@@H](C)C(=O)Nc2ccc(COC(=O)N3c4cc(OCCCCCOc5cc6c(cc5OC)C(=O)N5C=C(C)C[C@H]5C=N6)c(OC)cc4C(=O)N4C=C(C)C[C@H]4[C@@H]3O)cc2)C(C)C)C1=O. The molecule has 114 heavy (non-hydrogen) atoms. The van der Waals surface area contributed by atoms with Gasteiger partial charge in [-0.15, -0.1) is 0 Å². The molecule has 1 fully saturated rings. The van der Waals surface area contributed by atoms with Gasteiger partial charge in [-0.25, -0.2) is 9.69 Å². The zero-order valence-electron chi connectivity index (χ0n) is 67.5. The molecular weight excluding hydrogens is 1480 g/mol. The topological polar surface area (TPSA) is 367 Å². The summed E-state index contributed by atoms with van der Waals surface area (Å²) in [5.74, 6) is -1.79. The van der Waals surface area contributed by atoms with Crippen LogP contribution in [0.4, 0.5) is 21.9 Å². The summed E-state index contributed by atoms with van der Waals surface area (Å²) in [7, 11) is 2.96. The molecule has 2 unspecified atom stereocenters. The second-order valence-electron chi connectivity index (χ2n) is 29.0. The number of carbonyl (C=O) groups is 9. The van der Waals surface area contributed by atoms with Crippen molar-refractivity contribution < 1.29 is 110 Å². The van der Waals surface area contributed by atoms with E-state index in [0.29, 0.717) is 159 Å². The Kier molecular flexibility index (Phi) is 37.8. The molecule has 3 aromatic rings. The van der Waals surface area contributed by atoms with Gasteiger partial charge >= 0.3 is 6.09 Å². The summed E-state index contributed by atoms with van der Waals surface area (Å²) in [5.41, 5.74) is 3.92. The fourth-order valence-electron chi connectivity index (χ4n) is 13.4. The zero-order chi connectivity index (χ0) is 81.9. The Balaban J connectivity index is 0.626. The number of hydrogen-bond acceptors (Lipinski definition) is 24. The Morgan fingerprint density at radius 1 is 0.579 bits per heavy atom. The Hall–Kier alpha value is -9.12. The Morgan fingerprint density at radius 2 is 1.13 bits per heavy atom. The van der Waals surface area contributed by atoms with E-state index in [0.717, 1.165) is 48.2 Å². The van der Waals surface area contributed by atoms with Crippen LogP contribution in [0.2, 0.25) is 0 Å². The number of amides is 9. The number of imide groups is 1. The molecule has 7 atom stereocenters. The van der Waals surface area contributed by atoms with Gasteiger partial charge in [0.25, 0.3) is 11.8 Å². The molecule has 0 aliphatic carbocycles. The summed E-state index contributed by atoms with van der Waals surface area (Å²) in [5, 5.41) is 22.9. The van der Waals surface area contributed by atoms with Crippen LogP contribution in [0.5, 0.6) is 23.0 Å². The minimum atomic E-state index is -1.53. The number of anilines is 2. The minimum Gasteiger partial charge on any atom is -0.493 e. The number of ether oxygens (including phenoxy) is 13. The average Bonchev–Trinajstić information content (AvgIpc) is 1.60. The number of aliphatic hydroxyl groups is 1. The largest absolute Gasteiger partial charge is 0.493 e. The maximum atomic E-state index is 14.3. The second-order valence-corrected chi connectivity index (χ2v) is 29.0. The van der Waals surface area contributed by atoms with Gasteiger partial charge in [0.2, 0.25) is 35.4 Å². The van der Waals surface area contributed by atoms with Gasteiger partial charge in [0.15, 0.2) is 29.2 Å². The third kappa shape index (κ3) is 27.5. The number of aliphatic hydroxyl groups excluding tert-OH is 1. The fourth-order valence-corrected chi connectivity index (χ4v) is 13.4. The van der Waals surface area contributed by atoms with Gasteiger partial charge in [0.1, 0.15) is 18.7 Å². The summed E-state index contributed by atoms with van der Waals surface area (Å²) in [6, 6.07) is 9.94. The van der Waals surface area contributed by atoms with E-state index in [-0.39, 0.29) is 129 Å². The number of fused-ring (bicyclic) bond motifs is 4. The number of aliphatic imine (C=N–C) groups is 1. The third-order valence-electron chi connectivity index (χ3n) is 19.8. The van der Waals surface area contributed by atoms with Gasteiger partial charge < -0.3 is 97.8 Å². The first-order chi connectivity index (χ1) is 55.1. The summed E-state index contributed by atoms with van der Waals surface area (Å²) in [6.45, 7) is 19.2. The number of likely N-dealkylation sites (tertiary alicyclic amines) is 1. The molecular formula is C82H117N9O23. The summed E-state index contributed by atoms with van der Waals surface area (Å²) in [6.07, 6.45) is 10.2. The molecule has 0 saturated carbocycles. The van der Waals surface area contributed by atoms with Gasteiger partial charge in [-0.1, -0.05) is 70.2 Å². The van der Waals surface area contributed by atoms with Crippen LogP contribution in [0.25, 0.3) is 0 Å². The molecule has 628 valence electrons. The first-order valence-electron chi connectivity index (χ1n) is 39.7. The van der Waals surface area contributed by atoms with E-state index >= 15 is 0 Å². The number of rotatable bonds is 53. The van der Waals surface area contributed by atoms with Crippen molar-refractivity contribution in [1.29, 1.82) is 0 Å². The number of benzene rings is 3. The summed E-state index contributed by atoms with van der Waals surface area (Å²) < 4.78 is 73.9. The number of nitrogens with zero attached hydrogens (tertiary/aromatic N) is 5. The van der Waals surface area contributed by atoms with Crippen LogP contribution in [0.3, 0.4) is 0 Å². The lowest BCUT2D eigenvalue weighted by molar-refractivity contribution is -0.140. The van der Waals surface area contributed by atoms with Crippen molar-refractivity contribution in [1.82, 2.24) is 30.7 Å². The smallest absolute Gasteiger partial charge is 0.416 e. The van der Waals surface area contributed by atoms with Gasteiger partial charge in [-0.2, -0.15) is 0 Å². The van der Waals surface area contributed by atoms with Crippen molar-refractivity contribution in [3.05, 3.63) is 88.8 Å². The van der Waals surface area contributed by atoms with Crippen molar-refractivity contribution in [3.63, 3.8) is 0 Å². The maximum absolute atomic E-state index is 14.3. The molecule has 5 N–H and O–H groups in total. The molecule has 8 rings (SSSR count). The molecule has 9 amide bonds. The molecule has 5 heterocycles. The fraction of sp³-hybridized carbons (Fsp3) is 0.610. The summed E-state index contributed by atoms with van der Waals surface area (Å²) in [4.78, 5) is 129. The average molecular weight is 1600 g/mol. The second kappa shape index (κ2) is 47.7. The quantitative estimate of drug-likeness (QED) is 0.0264. The van der Waals surface area contributed by atoms with Gasteiger partial charge in [-0.05, 0) is 101 Å². The molecule has 0 radical (unpaired) electrons. The molecule has 0 spiro atoms. The number of nitrogens with one attached hydrogen (secondary N) is 4. The molecule has 0 aromatic heterocycles. The van der Waals surface area contributed by atoms with Gasteiger partial charge in [0.05, 0.1) is 168 Å². The van der Waals surface area contributed by atoms with E-state index in [1.54, 1.807) is 67.6 Å². The Bertz CT molecular complexity index is 3760. The van der Waals surface area contributed by atoms with E-state index in [4.69, 9.17) is 61.6 Å². The molecule has 5 aliphatic heterocycles. The molecule has 0 bridgehead atoms. The van der Waals surface area contributed by atoms with E-state index in [2.05, 4.69) is 33.2 Å². The van der Waals surface area contributed by atoms with Gasteiger partial charge in [-0.3, -0.25) is 48.2 Å². The highest BCUT2D eigenvalue weighted by atomic mass is 16.6. The Morgan fingerprint density at radius 3 is 1.72 bits per heavy atom. The molecule has 5 aliphatic rings. The summed E-state index contributed by atoms with van der Waals surface area (Å²) >= 11 is 0. The Labute approximate surface area is 667 Å². The van der Waals surface area contributed by atoms with Crippen LogP contribution >= 0.6 is 0 Å². The van der Waals surface area contributed by atoms with Crippen molar-refractivity contribution in [2.24, 2.45) is 22.7 Å². The van der Waals surface area contributed by atoms with Crippen molar-refractivity contribution in [2.75, 3.05) is 156 Å². The van der Waals surface area contributed by atoms with E-state index in [9.17, 15) is 48.3 Å². The molecule has 1 saturated heterocycles. The molecule has 32 heteroatoms. The number of hydrogen-bond donors (Lipinski definition) is 5. The standard InChI is InChI=1S/C82H117N9O23/c1-10-11-13-16-57(6)62-47-74(94)88(78(62)97)24-21-72(92)83-23-28-105-30-32-107-34-36-109-38-40-111-42-41-110-39-37-108-35-33-106-31-29-104-27-22-73(93)87-75(54(2)3)77(96)85-58(7)76(95)86-60-19-17-59(18-20-60)53-114-82(101)91-66-49-71(69(103-9)46-64(66)80(99)90-52-56(5)44-67(90)81(91)100)113-26-15-12-14-25-112-70-48-65-63(45-68(70)102-8)79(98)89-51-55(4)43-61(89)50-84-65/h17-20,45-46,48-52,54,57-58,61-62,67,75,81,100H,10-16,21-44,47,53H2,1-9H3,(H,83,92)(H,85,96)(H,86,95)(H,87,93)/t57?,58-,61-,62?,67-,75-,81-/m0/s1. The van der Waals surface area contributed by atoms with Crippen LogP contribution in [0.15, 0.2) is 77.1 Å². The zero-order valence-corrected chi connectivity index (χ0v) is 67.5.